The van der Waals surface area contributed by atoms with Gasteiger partial charge in [-0.05, 0) is 128 Å². The molecule has 0 amide bonds. The molecule has 3 aliphatic rings. The molecule has 320 valence electrons. The van der Waals surface area contributed by atoms with Gasteiger partial charge in [-0.2, -0.15) is 0 Å². The van der Waals surface area contributed by atoms with Gasteiger partial charge in [0, 0.05) is 34.1 Å². The van der Waals surface area contributed by atoms with Gasteiger partial charge in [-0.15, -0.1) is 0 Å². The molecule has 0 saturated carbocycles. The standard InChI is InChI=1S/C57H61BN2O3/c1-33-24-38(56(9,10)11)25-34(2)51(33)60-46-29-39(57(12,13)14)28-45-50(46)58(53-52(60)41-27-37(55(6,7)8)21-23-47(41)63-53)42-30-48-49(62-32-61-48)31-44(42)59(45)43-22-20-36(54(3,4)5)26-40(43)35-18-16-15-17-19-35/h15-31H,32H2,1-14H3. The van der Waals surface area contributed by atoms with E-state index in [2.05, 4.69) is 210 Å². The quantitative estimate of drug-likeness (QED) is 0.166. The van der Waals surface area contributed by atoms with Crippen molar-refractivity contribution in [1.29, 1.82) is 0 Å². The third-order valence-electron chi connectivity index (χ3n) is 13.7. The molecule has 0 N–H and O–H groups in total. The maximum Gasteiger partial charge on any atom is 0.297 e. The monoisotopic (exact) mass is 832 g/mol. The first-order valence-corrected chi connectivity index (χ1v) is 22.7. The second-order valence-corrected chi connectivity index (χ2v) is 22.4. The Bertz CT molecular complexity index is 2980. The van der Waals surface area contributed by atoms with Crippen molar-refractivity contribution in [1.82, 2.24) is 0 Å². The number of anilines is 6. The van der Waals surface area contributed by atoms with Crippen LogP contribution in [-0.2, 0) is 21.7 Å². The van der Waals surface area contributed by atoms with Crippen LogP contribution in [-0.4, -0.2) is 13.5 Å². The Labute approximate surface area is 375 Å². The molecule has 0 bridgehead atoms. The zero-order valence-electron chi connectivity index (χ0n) is 39.7. The van der Waals surface area contributed by atoms with Gasteiger partial charge >= 0.3 is 0 Å². The van der Waals surface area contributed by atoms with Crippen molar-refractivity contribution in [3.8, 4) is 22.6 Å². The summed E-state index contributed by atoms with van der Waals surface area (Å²) in [6.45, 7) is 32.2. The Hall–Kier alpha value is -5.88. The van der Waals surface area contributed by atoms with Crippen molar-refractivity contribution in [2.75, 3.05) is 16.6 Å². The molecule has 5 nitrogen and oxygen atoms in total. The van der Waals surface area contributed by atoms with Gasteiger partial charge in [0.05, 0.1) is 22.7 Å². The first kappa shape index (κ1) is 41.2. The van der Waals surface area contributed by atoms with Crippen LogP contribution in [0.2, 0.25) is 0 Å². The summed E-state index contributed by atoms with van der Waals surface area (Å²) in [5.41, 5.74) is 20.7. The van der Waals surface area contributed by atoms with Crippen molar-refractivity contribution in [2.45, 2.75) is 119 Å². The minimum Gasteiger partial charge on any atom is -0.468 e. The van der Waals surface area contributed by atoms with Crippen LogP contribution in [0.3, 0.4) is 0 Å². The summed E-state index contributed by atoms with van der Waals surface area (Å²) in [4.78, 5) is 5.09. The Morgan fingerprint density at radius 1 is 0.492 bits per heavy atom. The highest BCUT2D eigenvalue weighted by Gasteiger charge is 2.49. The maximum atomic E-state index is 7.35. The highest BCUT2D eigenvalue weighted by Crippen LogP contribution is 2.53. The molecule has 0 radical (unpaired) electrons. The van der Waals surface area contributed by atoms with Gasteiger partial charge in [0.25, 0.3) is 6.71 Å². The van der Waals surface area contributed by atoms with E-state index >= 15 is 0 Å². The molecule has 0 saturated heterocycles. The van der Waals surface area contributed by atoms with Gasteiger partial charge in [0.15, 0.2) is 11.5 Å². The van der Waals surface area contributed by atoms with Crippen LogP contribution in [0.5, 0.6) is 11.5 Å². The lowest BCUT2D eigenvalue weighted by molar-refractivity contribution is 0.174. The average Bonchev–Trinajstić information content (AvgIpc) is 3.83. The van der Waals surface area contributed by atoms with Crippen LogP contribution >= 0.6 is 0 Å². The molecule has 4 heterocycles. The first-order valence-electron chi connectivity index (χ1n) is 22.7. The van der Waals surface area contributed by atoms with Crippen LogP contribution < -0.4 is 35.9 Å². The number of nitrogens with zero attached hydrogens (tertiary/aromatic N) is 2. The minimum atomic E-state index is -0.231. The molecule has 6 heteroatoms. The molecule has 7 aromatic rings. The van der Waals surface area contributed by atoms with E-state index in [0.717, 1.165) is 56.3 Å². The third kappa shape index (κ3) is 6.58. The molecule has 6 aromatic carbocycles. The Kier molecular flexibility index (Phi) is 9.02. The maximum absolute atomic E-state index is 7.35. The predicted octanol–water partition coefficient (Wildman–Crippen LogP) is 13.7. The summed E-state index contributed by atoms with van der Waals surface area (Å²) in [5.74, 6) is 1.51. The van der Waals surface area contributed by atoms with E-state index in [-0.39, 0.29) is 35.2 Å². The number of fused-ring (bicyclic) bond motifs is 7. The van der Waals surface area contributed by atoms with Crippen molar-refractivity contribution in [2.24, 2.45) is 0 Å². The van der Waals surface area contributed by atoms with Crippen LogP contribution in [0.4, 0.5) is 34.1 Å². The molecule has 0 spiro atoms. The summed E-state index contributed by atoms with van der Waals surface area (Å²) in [5, 5.41) is 1.12. The van der Waals surface area contributed by atoms with Gasteiger partial charge in [0.1, 0.15) is 5.58 Å². The van der Waals surface area contributed by atoms with E-state index in [4.69, 9.17) is 13.9 Å². The van der Waals surface area contributed by atoms with Crippen molar-refractivity contribution in [3.63, 3.8) is 0 Å². The van der Waals surface area contributed by atoms with Crippen LogP contribution in [0.25, 0.3) is 22.1 Å². The van der Waals surface area contributed by atoms with Crippen LogP contribution in [0, 0.1) is 13.8 Å². The molecule has 0 aliphatic carbocycles. The zero-order chi connectivity index (χ0) is 44.7. The molecular weight excluding hydrogens is 771 g/mol. The molecule has 3 aliphatic heterocycles. The number of ether oxygens (including phenoxy) is 2. The Morgan fingerprint density at radius 3 is 1.67 bits per heavy atom. The number of hydrogen-bond acceptors (Lipinski definition) is 5. The SMILES string of the molecule is Cc1cc(C(C)(C)C)cc(C)c1N1c2cc(C(C)(C)C)cc3c2B(c2cc4c(cc2N3c2ccc(C(C)(C)C)cc2-c2ccccc2)OCO4)c2oc3ccc(C(C)(C)C)cc3c21. The molecular formula is C57H61BN2O3. The normalized spacial score (nSPS) is 14.6. The lowest BCUT2D eigenvalue weighted by Crippen LogP contribution is -2.61. The third-order valence-corrected chi connectivity index (χ3v) is 13.7. The topological polar surface area (TPSA) is 38.1 Å². The molecule has 0 fully saturated rings. The summed E-state index contributed by atoms with van der Waals surface area (Å²) in [6, 6.07) is 38.9. The van der Waals surface area contributed by atoms with Crippen molar-refractivity contribution >= 4 is 68.4 Å². The number of aryl methyl sites for hydroxylation is 2. The smallest absolute Gasteiger partial charge is 0.297 e. The summed E-state index contributed by atoms with van der Waals surface area (Å²) < 4.78 is 19.8. The lowest BCUT2D eigenvalue weighted by Gasteiger charge is -2.44. The number of benzene rings is 6. The van der Waals surface area contributed by atoms with Gasteiger partial charge in [0.2, 0.25) is 6.79 Å². The zero-order valence-corrected chi connectivity index (χ0v) is 39.7. The lowest BCUT2D eigenvalue weighted by atomic mass is 9.35. The fourth-order valence-electron chi connectivity index (χ4n) is 10.0. The van der Waals surface area contributed by atoms with Crippen LogP contribution in [0.15, 0.2) is 108 Å². The van der Waals surface area contributed by atoms with E-state index < -0.39 is 0 Å². The van der Waals surface area contributed by atoms with E-state index in [1.54, 1.807) is 0 Å². The first-order chi connectivity index (χ1) is 29.6. The van der Waals surface area contributed by atoms with E-state index in [1.807, 2.05) is 0 Å². The largest absolute Gasteiger partial charge is 0.468 e. The van der Waals surface area contributed by atoms with Crippen molar-refractivity contribution in [3.05, 3.63) is 137 Å². The molecule has 10 rings (SSSR count). The van der Waals surface area contributed by atoms with Crippen molar-refractivity contribution < 1.29 is 13.9 Å². The predicted molar refractivity (Wildman–Crippen MR) is 266 cm³/mol. The van der Waals surface area contributed by atoms with Gasteiger partial charge in [-0.1, -0.05) is 138 Å². The molecule has 0 unspecified atom stereocenters. The molecule has 63 heavy (non-hydrogen) atoms. The molecule has 1 aromatic heterocycles. The van der Waals surface area contributed by atoms with E-state index in [1.165, 1.54) is 61.3 Å². The van der Waals surface area contributed by atoms with E-state index in [0.29, 0.717) is 0 Å². The van der Waals surface area contributed by atoms with E-state index in [9.17, 15) is 0 Å². The minimum absolute atomic E-state index is 0.00325. The number of rotatable bonds is 3. The highest BCUT2D eigenvalue weighted by atomic mass is 16.7. The summed E-state index contributed by atoms with van der Waals surface area (Å²) in [7, 11) is 0. The van der Waals surface area contributed by atoms with Gasteiger partial charge in [-0.3, -0.25) is 0 Å². The number of hydrogen-bond donors (Lipinski definition) is 0. The Morgan fingerprint density at radius 2 is 1.05 bits per heavy atom. The summed E-state index contributed by atoms with van der Waals surface area (Å²) >= 11 is 0. The summed E-state index contributed by atoms with van der Waals surface area (Å²) in [6.07, 6.45) is 0. The van der Waals surface area contributed by atoms with Crippen LogP contribution in [0.1, 0.15) is 116 Å². The van der Waals surface area contributed by atoms with Gasteiger partial charge < -0.3 is 23.7 Å². The molecule has 0 atom stereocenters. The highest BCUT2D eigenvalue weighted by molar-refractivity contribution is 7.00. The fourth-order valence-corrected chi connectivity index (χ4v) is 10.0. The fraction of sp³-hybridized carbons (Fsp3) is 0.333. The van der Waals surface area contributed by atoms with Gasteiger partial charge in [-0.25, -0.2) is 0 Å². The second kappa shape index (κ2) is 13.8. The average molecular weight is 833 g/mol. The number of furan rings is 1. The Balaban J connectivity index is 1.38. The second-order valence-electron chi connectivity index (χ2n) is 22.4.